The molecule has 0 aliphatic carbocycles. The fraction of sp³-hybridized carbons (Fsp3) is 0.214. The van der Waals surface area contributed by atoms with Gasteiger partial charge in [-0.2, -0.15) is 0 Å². The Morgan fingerprint density at radius 1 is 1.22 bits per heavy atom. The van der Waals surface area contributed by atoms with Gasteiger partial charge in [-0.15, -0.1) is 11.8 Å². The fourth-order valence-electron chi connectivity index (χ4n) is 2.09. The summed E-state index contributed by atoms with van der Waals surface area (Å²) in [5.41, 5.74) is 0.733. The number of carbonyl (C=O) groups is 1. The molecule has 2 aromatic rings. The first-order valence-electron chi connectivity index (χ1n) is 5.87. The highest BCUT2D eigenvalue weighted by Crippen LogP contribution is 2.38. The van der Waals surface area contributed by atoms with Gasteiger partial charge in [0.1, 0.15) is 11.1 Å². The number of carbonyl (C=O) groups excluding carboxylic acids is 1. The van der Waals surface area contributed by atoms with Crippen LogP contribution in [0.2, 0.25) is 0 Å². The lowest BCUT2D eigenvalue weighted by Gasteiger charge is -2.22. The van der Waals surface area contributed by atoms with E-state index in [4.69, 9.17) is 4.42 Å². The van der Waals surface area contributed by atoms with Crippen LogP contribution in [0.5, 0.6) is 0 Å². The number of furan rings is 1. The molecule has 1 unspecified atom stereocenters. The zero-order valence-electron chi connectivity index (χ0n) is 9.78. The molecular formula is C14H13NO2S. The van der Waals surface area contributed by atoms with E-state index in [0.29, 0.717) is 0 Å². The number of nitrogens with zero attached hydrogens (tertiary/aromatic N) is 1. The molecule has 0 N–H and O–H groups in total. The van der Waals surface area contributed by atoms with Crippen molar-refractivity contribution in [1.29, 1.82) is 0 Å². The number of hydrogen-bond acceptors (Lipinski definition) is 3. The van der Waals surface area contributed by atoms with E-state index in [1.807, 2.05) is 47.4 Å². The summed E-state index contributed by atoms with van der Waals surface area (Å²) in [5, 5.41) is 0.00714. The van der Waals surface area contributed by atoms with Crippen molar-refractivity contribution >= 4 is 17.7 Å². The molecule has 4 heteroatoms. The lowest BCUT2D eigenvalue weighted by molar-refractivity contribution is 0.0749. The van der Waals surface area contributed by atoms with Crippen molar-refractivity contribution in [2.45, 2.75) is 5.37 Å². The molecule has 0 bridgehead atoms. The van der Waals surface area contributed by atoms with Crippen molar-refractivity contribution in [3.8, 4) is 0 Å². The quantitative estimate of drug-likeness (QED) is 0.830. The largest absolute Gasteiger partial charge is 0.466 e. The number of hydrogen-bond donors (Lipinski definition) is 0. The van der Waals surface area contributed by atoms with Gasteiger partial charge in [-0.25, -0.2) is 0 Å². The summed E-state index contributed by atoms with van der Waals surface area (Å²) in [5.74, 6) is 1.87. The van der Waals surface area contributed by atoms with E-state index in [1.54, 1.807) is 18.0 Å². The van der Waals surface area contributed by atoms with Gasteiger partial charge < -0.3 is 9.32 Å². The predicted molar refractivity (Wildman–Crippen MR) is 71.4 cm³/mol. The van der Waals surface area contributed by atoms with Crippen LogP contribution in [0.3, 0.4) is 0 Å². The highest BCUT2D eigenvalue weighted by Gasteiger charge is 2.32. The summed E-state index contributed by atoms with van der Waals surface area (Å²) in [6, 6.07) is 13.2. The van der Waals surface area contributed by atoms with Crippen LogP contribution in [-0.2, 0) is 0 Å². The summed E-state index contributed by atoms with van der Waals surface area (Å²) in [6.07, 6.45) is 1.65. The first-order valence-corrected chi connectivity index (χ1v) is 6.92. The van der Waals surface area contributed by atoms with Gasteiger partial charge in [0.25, 0.3) is 5.91 Å². The van der Waals surface area contributed by atoms with Crippen molar-refractivity contribution < 1.29 is 9.21 Å². The molecule has 0 radical (unpaired) electrons. The Morgan fingerprint density at radius 2 is 2.06 bits per heavy atom. The molecule has 0 saturated carbocycles. The molecule has 3 nitrogen and oxygen atoms in total. The molecule has 0 spiro atoms. The smallest absolute Gasteiger partial charge is 0.255 e. The lowest BCUT2D eigenvalue weighted by Crippen LogP contribution is -2.30. The monoisotopic (exact) mass is 259 g/mol. The Bertz CT molecular complexity index is 524. The molecule has 1 fully saturated rings. The summed E-state index contributed by atoms with van der Waals surface area (Å²) in [6.45, 7) is 0.768. The minimum absolute atomic E-state index is 0.00714. The molecule has 1 aromatic heterocycles. The Hall–Kier alpha value is -1.68. The second-order valence-corrected chi connectivity index (χ2v) is 5.29. The molecule has 1 aliphatic rings. The van der Waals surface area contributed by atoms with Gasteiger partial charge in [0.05, 0.1) is 6.26 Å². The third-order valence-electron chi connectivity index (χ3n) is 2.96. The van der Waals surface area contributed by atoms with E-state index in [1.165, 1.54) is 0 Å². The van der Waals surface area contributed by atoms with Crippen molar-refractivity contribution in [3.05, 3.63) is 60.1 Å². The molecule has 3 rings (SSSR count). The van der Waals surface area contributed by atoms with Crippen LogP contribution in [0.1, 0.15) is 21.5 Å². The minimum Gasteiger partial charge on any atom is -0.466 e. The summed E-state index contributed by atoms with van der Waals surface area (Å²) < 4.78 is 5.42. The van der Waals surface area contributed by atoms with Gasteiger partial charge in [0, 0.05) is 17.9 Å². The number of benzene rings is 1. The molecule has 1 saturated heterocycles. The van der Waals surface area contributed by atoms with E-state index in [0.717, 1.165) is 23.6 Å². The zero-order valence-corrected chi connectivity index (χ0v) is 10.6. The van der Waals surface area contributed by atoms with Crippen molar-refractivity contribution in [3.63, 3.8) is 0 Å². The lowest BCUT2D eigenvalue weighted by atomic mass is 10.2. The molecular weight excluding hydrogens is 246 g/mol. The van der Waals surface area contributed by atoms with Crippen LogP contribution in [0.4, 0.5) is 0 Å². The van der Waals surface area contributed by atoms with Crippen LogP contribution >= 0.6 is 11.8 Å². The Balaban J connectivity index is 1.85. The summed E-state index contributed by atoms with van der Waals surface area (Å²) in [7, 11) is 0. The normalized spacial score (nSPS) is 19.1. The standard InChI is InChI=1S/C14H13NO2S/c16-13(11-5-2-1-3-6-11)15-8-10-18-14(15)12-7-4-9-17-12/h1-7,9,14H,8,10H2. The van der Waals surface area contributed by atoms with Gasteiger partial charge in [0.15, 0.2) is 0 Å². The molecule has 1 amide bonds. The summed E-state index contributed by atoms with van der Waals surface area (Å²) in [4.78, 5) is 14.3. The number of amides is 1. The Morgan fingerprint density at radius 3 is 2.78 bits per heavy atom. The van der Waals surface area contributed by atoms with Crippen molar-refractivity contribution in [2.75, 3.05) is 12.3 Å². The van der Waals surface area contributed by atoms with Crippen LogP contribution < -0.4 is 0 Å². The Kier molecular flexibility index (Phi) is 3.11. The van der Waals surface area contributed by atoms with Gasteiger partial charge in [0.2, 0.25) is 0 Å². The van der Waals surface area contributed by atoms with E-state index in [-0.39, 0.29) is 11.3 Å². The van der Waals surface area contributed by atoms with Gasteiger partial charge >= 0.3 is 0 Å². The van der Waals surface area contributed by atoms with Crippen LogP contribution in [-0.4, -0.2) is 23.1 Å². The van der Waals surface area contributed by atoms with Crippen molar-refractivity contribution in [2.24, 2.45) is 0 Å². The first-order chi connectivity index (χ1) is 8.86. The third kappa shape index (κ3) is 2.04. The van der Waals surface area contributed by atoms with Crippen LogP contribution in [0.15, 0.2) is 53.1 Å². The third-order valence-corrected chi connectivity index (χ3v) is 4.18. The second kappa shape index (κ2) is 4.90. The van der Waals surface area contributed by atoms with E-state index >= 15 is 0 Å². The highest BCUT2D eigenvalue weighted by atomic mass is 32.2. The molecule has 92 valence electrons. The molecule has 1 aliphatic heterocycles. The van der Waals surface area contributed by atoms with Crippen LogP contribution in [0, 0.1) is 0 Å². The van der Waals surface area contributed by atoms with E-state index in [9.17, 15) is 4.79 Å². The maximum Gasteiger partial charge on any atom is 0.255 e. The summed E-state index contributed by atoms with van der Waals surface area (Å²) >= 11 is 1.74. The highest BCUT2D eigenvalue weighted by molar-refractivity contribution is 7.99. The topological polar surface area (TPSA) is 33.5 Å². The van der Waals surface area contributed by atoms with E-state index < -0.39 is 0 Å². The Labute approximate surface area is 110 Å². The molecule has 1 atom stereocenters. The second-order valence-electron chi connectivity index (χ2n) is 4.10. The number of thioether (sulfide) groups is 1. The average molecular weight is 259 g/mol. The molecule has 2 heterocycles. The SMILES string of the molecule is O=C(c1ccccc1)N1CCSC1c1ccco1. The van der Waals surface area contributed by atoms with E-state index in [2.05, 4.69) is 0 Å². The van der Waals surface area contributed by atoms with Crippen molar-refractivity contribution in [1.82, 2.24) is 4.90 Å². The number of rotatable bonds is 2. The van der Waals surface area contributed by atoms with Crippen LogP contribution in [0.25, 0.3) is 0 Å². The minimum atomic E-state index is 0.00714. The maximum atomic E-state index is 12.4. The fourth-order valence-corrected chi connectivity index (χ4v) is 3.30. The molecule has 1 aromatic carbocycles. The van der Waals surface area contributed by atoms with Gasteiger partial charge in [-0.1, -0.05) is 18.2 Å². The predicted octanol–water partition coefficient (Wildman–Crippen LogP) is 3.17. The average Bonchev–Trinajstić information content (AvgIpc) is 3.09. The zero-order chi connectivity index (χ0) is 12.4. The van der Waals surface area contributed by atoms with Gasteiger partial charge in [-0.3, -0.25) is 4.79 Å². The first kappa shape index (κ1) is 11.4. The molecule has 18 heavy (non-hydrogen) atoms. The maximum absolute atomic E-state index is 12.4. The van der Waals surface area contributed by atoms with Gasteiger partial charge in [-0.05, 0) is 24.3 Å².